The predicted molar refractivity (Wildman–Crippen MR) is 79.7 cm³/mol. The highest BCUT2D eigenvalue weighted by Gasteiger charge is 2.13. The molecule has 0 radical (unpaired) electrons. The second-order valence-corrected chi connectivity index (χ2v) is 5.05. The number of carbonyl (C=O) groups is 1. The highest BCUT2D eigenvalue weighted by Crippen LogP contribution is 2.19. The first-order valence-corrected chi connectivity index (χ1v) is 6.70. The highest BCUT2D eigenvalue weighted by molar-refractivity contribution is 6.31. The van der Waals surface area contributed by atoms with Gasteiger partial charge in [0, 0.05) is 24.2 Å². The minimum absolute atomic E-state index is 0.0635. The average molecular weight is 290 g/mol. The van der Waals surface area contributed by atoms with Crippen LogP contribution in [0.2, 0.25) is 5.02 Å². The van der Waals surface area contributed by atoms with Gasteiger partial charge in [-0.3, -0.25) is 4.79 Å². The Hall–Kier alpha value is -2.00. The van der Waals surface area contributed by atoms with Gasteiger partial charge >= 0.3 is 0 Å². The number of likely N-dealkylation sites (N-methyl/N-ethyl adjacent to an activating group) is 1. The summed E-state index contributed by atoms with van der Waals surface area (Å²) in [7, 11) is 1.73. The topological polar surface area (TPSA) is 40.5 Å². The first kappa shape index (κ1) is 14.4. The Kier molecular flexibility index (Phi) is 4.64. The van der Waals surface area contributed by atoms with Crippen molar-refractivity contribution < 1.29 is 9.90 Å². The van der Waals surface area contributed by atoms with Crippen LogP contribution in [0.4, 0.5) is 0 Å². The lowest BCUT2D eigenvalue weighted by atomic mass is 10.1. The molecule has 0 unspecified atom stereocenters. The van der Waals surface area contributed by atoms with E-state index < -0.39 is 0 Å². The Labute approximate surface area is 123 Å². The van der Waals surface area contributed by atoms with Crippen molar-refractivity contribution in [2.24, 2.45) is 0 Å². The van der Waals surface area contributed by atoms with Crippen LogP contribution in [0.15, 0.2) is 48.5 Å². The van der Waals surface area contributed by atoms with E-state index in [9.17, 15) is 9.90 Å². The summed E-state index contributed by atoms with van der Waals surface area (Å²) in [6.45, 7) is 0.450. The molecule has 0 bridgehead atoms. The molecule has 2 aromatic carbocycles. The molecule has 20 heavy (non-hydrogen) atoms. The number of halogens is 1. The van der Waals surface area contributed by atoms with Crippen molar-refractivity contribution in [1.82, 2.24) is 4.90 Å². The predicted octanol–water partition coefficient (Wildman–Crippen LogP) is 3.25. The van der Waals surface area contributed by atoms with Crippen LogP contribution in [0.5, 0.6) is 5.75 Å². The molecule has 2 rings (SSSR count). The Morgan fingerprint density at radius 2 is 1.70 bits per heavy atom. The molecule has 2 aromatic rings. The zero-order valence-electron chi connectivity index (χ0n) is 11.2. The van der Waals surface area contributed by atoms with E-state index in [4.69, 9.17) is 11.6 Å². The second kappa shape index (κ2) is 6.44. The fourth-order valence-electron chi connectivity index (χ4n) is 1.93. The van der Waals surface area contributed by atoms with E-state index in [1.54, 1.807) is 42.3 Å². The molecule has 0 atom stereocenters. The lowest BCUT2D eigenvalue weighted by Gasteiger charge is -2.18. The first-order chi connectivity index (χ1) is 9.58. The molecular weight excluding hydrogens is 274 g/mol. The van der Waals surface area contributed by atoms with E-state index in [2.05, 4.69) is 0 Å². The van der Waals surface area contributed by atoms with Crippen LogP contribution in [-0.4, -0.2) is 23.0 Å². The maximum Gasteiger partial charge on any atom is 0.227 e. The van der Waals surface area contributed by atoms with Gasteiger partial charge in [0.25, 0.3) is 0 Å². The summed E-state index contributed by atoms with van der Waals surface area (Å²) in [6, 6.07) is 14.3. The molecule has 1 N–H and O–H groups in total. The number of nitrogens with zero attached hydrogens (tertiary/aromatic N) is 1. The second-order valence-electron chi connectivity index (χ2n) is 4.65. The Bertz CT molecular complexity index is 613. The maximum atomic E-state index is 12.2. The van der Waals surface area contributed by atoms with E-state index >= 15 is 0 Å². The summed E-state index contributed by atoms with van der Waals surface area (Å²) in [4.78, 5) is 13.8. The van der Waals surface area contributed by atoms with Gasteiger partial charge in [-0.15, -0.1) is 0 Å². The molecule has 3 nitrogen and oxygen atoms in total. The number of carbonyl (C=O) groups excluding carboxylic acids is 1. The number of rotatable bonds is 4. The minimum Gasteiger partial charge on any atom is -0.508 e. The van der Waals surface area contributed by atoms with E-state index in [1.165, 1.54) is 0 Å². The van der Waals surface area contributed by atoms with Gasteiger partial charge in [0.05, 0.1) is 6.42 Å². The number of para-hydroxylation sites is 1. The van der Waals surface area contributed by atoms with Crippen LogP contribution in [0.1, 0.15) is 11.1 Å². The SMILES string of the molecule is CN(Cc1ccccc1Cl)C(=O)Cc1ccccc1O. The van der Waals surface area contributed by atoms with Crippen molar-refractivity contribution in [2.75, 3.05) is 7.05 Å². The van der Waals surface area contributed by atoms with Crippen LogP contribution in [0, 0.1) is 0 Å². The van der Waals surface area contributed by atoms with Crippen LogP contribution in [-0.2, 0) is 17.8 Å². The van der Waals surface area contributed by atoms with Crippen molar-refractivity contribution in [1.29, 1.82) is 0 Å². The van der Waals surface area contributed by atoms with Crippen molar-refractivity contribution in [3.63, 3.8) is 0 Å². The van der Waals surface area contributed by atoms with Gasteiger partial charge in [0.1, 0.15) is 5.75 Å². The Balaban J connectivity index is 2.03. The van der Waals surface area contributed by atoms with Gasteiger partial charge in [-0.25, -0.2) is 0 Å². The fourth-order valence-corrected chi connectivity index (χ4v) is 2.12. The zero-order valence-corrected chi connectivity index (χ0v) is 12.0. The summed E-state index contributed by atoms with van der Waals surface area (Å²) >= 11 is 6.08. The largest absolute Gasteiger partial charge is 0.508 e. The summed E-state index contributed by atoms with van der Waals surface area (Å²) in [5, 5.41) is 10.3. The molecule has 0 aliphatic heterocycles. The summed E-state index contributed by atoms with van der Waals surface area (Å²) < 4.78 is 0. The number of hydrogen-bond donors (Lipinski definition) is 1. The zero-order chi connectivity index (χ0) is 14.5. The first-order valence-electron chi connectivity index (χ1n) is 6.32. The number of phenolic OH excluding ortho intramolecular Hbond substituents is 1. The van der Waals surface area contributed by atoms with Crippen molar-refractivity contribution >= 4 is 17.5 Å². The van der Waals surface area contributed by atoms with Gasteiger partial charge in [0.15, 0.2) is 0 Å². The van der Waals surface area contributed by atoms with Gasteiger partial charge in [0.2, 0.25) is 5.91 Å². The van der Waals surface area contributed by atoms with E-state index in [0.717, 1.165) is 5.56 Å². The highest BCUT2D eigenvalue weighted by atomic mass is 35.5. The molecule has 0 aromatic heterocycles. The normalized spacial score (nSPS) is 10.3. The van der Waals surface area contributed by atoms with Crippen LogP contribution in [0.25, 0.3) is 0 Å². The molecule has 0 saturated heterocycles. The molecule has 4 heteroatoms. The lowest BCUT2D eigenvalue weighted by molar-refractivity contribution is -0.129. The number of aromatic hydroxyl groups is 1. The van der Waals surface area contributed by atoms with E-state index in [1.807, 2.05) is 18.2 Å². The molecule has 0 aliphatic carbocycles. The van der Waals surface area contributed by atoms with Gasteiger partial charge in [-0.05, 0) is 17.7 Å². The third-order valence-electron chi connectivity index (χ3n) is 3.12. The third-order valence-corrected chi connectivity index (χ3v) is 3.49. The fraction of sp³-hybridized carbons (Fsp3) is 0.188. The smallest absolute Gasteiger partial charge is 0.227 e. The molecule has 0 heterocycles. The molecule has 0 fully saturated rings. The van der Waals surface area contributed by atoms with Crippen molar-refractivity contribution in [3.8, 4) is 5.75 Å². The van der Waals surface area contributed by atoms with E-state index in [0.29, 0.717) is 17.1 Å². The third kappa shape index (κ3) is 3.52. The van der Waals surface area contributed by atoms with Gasteiger partial charge in [-0.2, -0.15) is 0 Å². The summed E-state index contributed by atoms with van der Waals surface area (Å²) in [5.41, 5.74) is 1.53. The van der Waals surface area contributed by atoms with Gasteiger partial charge in [-0.1, -0.05) is 48.0 Å². The maximum absolute atomic E-state index is 12.2. The van der Waals surface area contributed by atoms with Crippen molar-refractivity contribution in [3.05, 3.63) is 64.7 Å². The van der Waals surface area contributed by atoms with Crippen LogP contribution >= 0.6 is 11.6 Å². The minimum atomic E-state index is -0.0635. The molecular formula is C16H16ClNO2. The molecule has 0 aliphatic rings. The number of phenols is 1. The lowest BCUT2D eigenvalue weighted by Crippen LogP contribution is -2.27. The Morgan fingerprint density at radius 1 is 1.10 bits per heavy atom. The number of benzene rings is 2. The molecule has 0 spiro atoms. The number of hydrogen-bond acceptors (Lipinski definition) is 2. The van der Waals surface area contributed by atoms with E-state index in [-0.39, 0.29) is 18.1 Å². The monoisotopic (exact) mass is 289 g/mol. The number of amides is 1. The van der Waals surface area contributed by atoms with Crippen molar-refractivity contribution in [2.45, 2.75) is 13.0 Å². The quantitative estimate of drug-likeness (QED) is 0.938. The van der Waals surface area contributed by atoms with Gasteiger partial charge < -0.3 is 10.0 Å². The molecule has 1 amide bonds. The average Bonchev–Trinajstić information content (AvgIpc) is 2.43. The van der Waals surface area contributed by atoms with Crippen LogP contribution in [0.3, 0.4) is 0 Å². The Morgan fingerprint density at radius 3 is 2.35 bits per heavy atom. The molecule has 0 saturated carbocycles. The summed E-state index contributed by atoms with van der Waals surface area (Å²) in [6.07, 6.45) is 0.174. The standard InChI is InChI=1S/C16H16ClNO2/c1-18(11-13-7-2-4-8-14(13)17)16(20)10-12-6-3-5-9-15(12)19/h2-9,19H,10-11H2,1H3. The molecule has 104 valence electrons. The summed E-state index contributed by atoms with van der Waals surface area (Å²) in [5.74, 6) is 0.0819. The van der Waals surface area contributed by atoms with Crippen LogP contribution < -0.4 is 0 Å².